The molecule has 0 saturated carbocycles. The minimum absolute atomic E-state index is 0.264. The molecule has 1 saturated heterocycles. The summed E-state index contributed by atoms with van der Waals surface area (Å²) in [5, 5.41) is 3.53. The largest absolute Gasteiger partial charge is 0.488 e. The van der Waals surface area contributed by atoms with Crippen LogP contribution in [0.4, 0.5) is 0 Å². The van der Waals surface area contributed by atoms with Crippen LogP contribution in [-0.2, 0) is 0 Å². The third-order valence-electron chi connectivity index (χ3n) is 4.60. The molecule has 4 rings (SSSR count). The smallest absolute Gasteiger partial charge is 0.123 e. The lowest BCUT2D eigenvalue weighted by Gasteiger charge is -2.25. The number of benzene rings is 2. The van der Waals surface area contributed by atoms with Crippen LogP contribution in [0.2, 0.25) is 0 Å². The fraction of sp³-hybridized carbons (Fsp3) is 0.333. The van der Waals surface area contributed by atoms with Crippen LogP contribution in [0.1, 0.15) is 29.4 Å². The van der Waals surface area contributed by atoms with E-state index < -0.39 is 0 Å². The highest BCUT2D eigenvalue weighted by atomic mass is 16.5. The van der Waals surface area contributed by atoms with Crippen LogP contribution in [-0.4, -0.2) is 19.2 Å². The van der Waals surface area contributed by atoms with Crippen molar-refractivity contribution in [1.82, 2.24) is 5.32 Å². The van der Waals surface area contributed by atoms with Gasteiger partial charge in [-0.3, -0.25) is 0 Å². The Hall–Kier alpha value is -1.80. The van der Waals surface area contributed by atoms with E-state index in [1.165, 1.54) is 17.5 Å². The number of nitrogens with one attached hydrogen (secondary N) is 1. The first-order valence-electron chi connectivity index (χ1n) is 7.45. The van der Waals surface area contributed by atoms with Gasteiger partial charge in [-0.2, -0.15) is 0 Å². The molecule has 0 radical (unpaired) electrons. The van der Waals surface area contributed by atoms with Gasteiger partial charge in [-0.05, 0) is 30.5 Å². The van der Waals surface area contributed by atoms with Gasteiger partial charge in [0.2, 0.25) is 0 Å². The van der Waals surface area contributed by atoms with Crippen LogP contribution < -0.4 is 10.1 Å². The normalized spacial score (nSPS) is 28.1. The van der Waals surface area contributed by atoms with Gasteiger partial charge < -0.3 is 10.1 Å². The zero-order chi connectivity index (χ0) is 13.4. The van der Waals surface area contributed by atoms with Crippen molar-refractivity contribution in [2.24, 2.45) is 0 Å². The molecule has 0 spiro atoms. The molecule has 102 valence electrons. The standard InChI is InChI=1S/C18H19NO/c1-2-6-13(7-3-1)14-10-11-19-12-17-18(14)15-8-4-5-9-16(15)20-17/h1-9,14,17-19H,10-12H2. The van der Waals surface area contributed by atoms with E-state index in [0.29, 0.717) is 11.8 Å². The highest BCUT2D eigenvalue weighted by molar-refractivity contribution is 5.44. The van der Waals surface area contributed by atoms with E-state index in [1.807, 2.05) is 0 Å². The Kier molecular flexibility index (Phi) is 2.96. The van der Waals surface area contributed by atoms with Gasteiger partial charge in [0.1, 0.15) is 11.9 Å². The van der Waals surface area contributed by atoms with Crippen molar-refractivity contribution < 1.29 is 4.74 Å². The lowest BCUT2D eigenvalue weighted by molar-refractivity contribution is 0.200. The number of para-hydroxylation sites is 1. The summed E-state index contributed by atoms with van der Waals surface area (Å²) in [6, 6.07) is 19.4. The maximum absolute atomic E-state index is 6.18. The van der Waals surface area contributed by atoms with E-state index in [1.54, 1.807) is 0 Å². The summed E-state index contributed by atoms with van der Waals surface area (Å²) < 4.78 is 6.18. The van der Waals surface area contributed by atoms with E-state index in [4.69, 9.17) is 4.74 Å². The Morgan fingerprint density at radius 1 is 0.950 bits per heavy atom. The molecule has 2 aromatic carbocycles. The molecule has 2 heterocycles. The minimum Gasteiger partial charge on any atom is -0.488 e. The Morgan fingerprint density at radius 3 is 2.65 bits per heavy atom. The summed E-state index contributed by atoms with van der Waals surface area (Å²) in [5.41, 5.74) is 2.82. The fourth-order valence-electron chi connectivity index (χ4n) is 3.70. The average molecular weight is 265 g/mol. The number of hydrogen-bond donors (Lipinski definition) is 1. The topological polar surface area (TPSA) is 21.3 Å². The van der Waals surface area contributed by atoms with Crippen molar-refractivity contribution in [2.45, 2.75) is 24.4 Å². The molecule has 2 aliphatic heterocycles. The number of hydrogen-bond acceptors (Lipinski definition) is 2. The van der Waals surface area contributed by atoms with Crippen molar-refractivity contribution in [3.05, 3.63) is 65.7 Å². The highest BCUT2D eigenvalue weighted by Gasteiger charge is 2.40. The van der Waals surface area contributed by atoms with Crippen molar-refractivity contribution in [1.29, 1.82) is 0 Å². The van der Waals surface area contributed by atoms with Gasteiger partial charge in [-0.1, -0.05) is 48.5 Å². The van der Waals surface area contributed by atoms with Crippen molar-refractivity contribution in [3.63, 3.8) is 0 Å². The van der Waals surface area contributed by atoms with Crippen LogP contribution in [0, 0.1) is 0 Å². The number of rotatable bonds is 1. The zero-order valence-corrected chi connectivity index (χ0v) is 11.5. The maximum atomic E-state index is 6.18. The monoisotopic (exact) mass is 265 g/mol. The van der Waals surface area contributed by atoms with E-state index in [-0.39, 0.29) is 6.10 Å². The lowest BCUT2D eigenvalue weighted by Crippen LogP contribution is -2.30. The quantitative estimate of drug-likeness (QED) is 0.854. The molecule has 2 aromatic rings. The molecule has 2 nitrogen and oxygen atoms in total. The molecule has 0 aliphatic carbocycles. The van der Waals surface area contributed by atoms with Crippen molar-refractivity contribution >= 4 is 0 Å². The third-order valence-corrected chi connectivity index (χ3v) is 4.60. The van der Waals surface area contributed by atoms with Gasteiger partial charge in [0, 0.05) is 18.0 Å². The van der Waals surface area contributed by atoms with E-state index in [9.17, 15) is 0 Å². The fourth-order valence-corrected chi connectivity index (χ4v) is 3.70. The van der Waals surface area contributed by atoms with E-state index in [0.717, 1.165) is 18.8 Å². The Bertz CT molecular complexity index is 595. The minimum atomic E-state index is 0.264. The second-order valence-corrected chi connectivity index (χ2v) is 5.73. The first kappa shape index (κ1) is 12.0. The molecule has 20 heavy (non-hydrogen) atoms. The molecule has 2 aliphatic rings. The predicted octanol–water partition coefficient (Wildman–Crippen LogP) is 3.31. The predicted molar refractivity (Wildman–Crippen MR) is 80.3 cm³/mol. The van der Waals surface area contributed by atoms with Crippen LogP contribution >= 0.6 is 0 Å². The first-order valence-corrected chi connectivity index (χ1v) is 7.45. The average Bonchev–Trinajstić information content (AvgIpc) is 2.74. The Morgan fingerprint density at radius 2 is 1.75 bits per heavy atom. The molecule has 1 fully saturated rings. The lowest BCUT2D eigenvalue weighted by atomic mass is 9.78. The summed E-state index contributed by atoms with van der Waals surface area (Å²) in [7, 11) is 0. The number of ether oxygens (including phenoxy) is 1. The molecule has 0 bridgehead atoms. The zero-order valence-electron chi connectivity index (χ0n) is 11.5. The van der Waals surface area contributed by atoms with Crippen LogP contribution in [0.25, 0.3) is 0 Å². The molecule has 2 heteroatoms. The van der Waals surface area contributed by atoms with Crippen molar-refractivity contribution in [3.8, 4) is 5.75 Å². The van der Waals surface area contributed by atoms with Gasteiger partial charge in [0.25, 0.3) is 0 Å². The molecule has 0 amide bonds. The van der Waals surface area contributed by atoms with E-state index >= 15 is 0 Å². The summed E-state index contributed by atoms with van der Waals surface area (Å²) in [4.78, 5) is 0. The van der Waals surface area contributed by atoms with Crippen LogP contribution in [0.3, 0.4) is 0 Å². The number of fused-ring (bicyclic) bond motifs is 3. The Labute approximate surface area is 119 Å². The van der Waals surface area contributed by atoms with Crippen LogP contribution in [0.5, 0.6) is 5.75 Å². The van der Waals surface area contributed by atoms with Crippen molar-refractivity contribution in [2.75, 3.05) is 13.1 Å². The summed E-state index contributed by atoms with van der Waals surface area (Å²) >= 11 is 0. The molecular weight excluding hydrogens is 246 g/mol. The summed E-state index contributed by atoms with van der Waals surface area (Å²) in [5.74, 6) is 2.09. The van der Waals surface area contributed by atoms with Gasteiger partial charge in [-0.25, -0.2) is 0 Å². The second-order valence-electron chi connectivity index (χ2n) is 5.73. The van der Waals surface area contributed by atoms with E-state index in [2.05, 4.69) is 59.9 Å². The van der Waals surface area contributed by atoms with Gasteiger partial charge >= 0.3 is 0 Å². The highest BCUT2D eigenvalue weighted by Crippen LogP contribution is 2.47. The SMILES string of the molecule is c1ccc(C2CCNCC3Oc4ccccc4C32)cc1. The van der Waals surface area contributed by atoms with Gasteiger partial charge in [-0.15, -0.1) is 0 Å². The maximum Gasteiger partial charge on any atom is 0.123 e. The Balaban J connectivity index is 1.78. The van der Waals surface area contributed by atoms with Crippen LogP contribution in [0.15, 0.2) is 54.6 Å². The molecule has 0 aromatic heterocycles. The first-order chi connectivity index (χ1) is 9.93. The van der Waals surface area contributed by atoms with Gasteiger partial charge in [0.05, 0.1) is 0 Å². The van der Waals surface area contributed by atoms with Gasteiger partial charge in [0.15, 0.2) is 0 Å². The molecule has 3 unspecified atom stereocenters. The summed E-state index contributed by atoms with van der Waals surface area (Å²) in [6.45, 7) is 2.01. The molecule has 1 N–H and O–H groups in total. The molecule has 3 atom stereocenters. The summed E-state index contributed by atoms with van der Waals surface area (Å²) in [6.07, 6.45) is 1.43. The second kappa shape index (κ2) is 4.95. The molecular formula is C18H19NO. The third kappa shape index (κ3) is 1.92.